The highest BCUT2D eigenvalue weighted by atomic mass is 15.1. The molecule has 114 valence electrons. The third-order valence-electron chi connectivity index (χ3n) is 3.13. The predicted octanol–water partition coefficient (Wildman–Crippen LogP) is 2.49. The van der Waals surface area contributed by atoms with Gasteiger partial charge < -0.3 is 15.5 Å². The highest BCUT2D eigenvalue weighted by Gasteiger charge is 2.20. The molecule has 0 unspecified atom stereocenters. The average Bonchev–Trinajstić information content (AvgIpc) is 2.34. The summed E-state index contributed by atoms with van der Waals surface area (Å²) in [6, 6.07) is 0. The van der Waals surface area contributed by atoms with Crippen molar-refractivity contribution in [2.75, 3.05) is 44.9 Å². The molecule has 0 aliphatic carbocycles. The zero-order chi connectivity index (χ0) is 15.3. The zero-order valence-corrected chi connectivity index (χ0v) is 14.0. The van der Waals surface area contributed by atoms with Crippen molar-refractivity contribution in [1.82, 2.24) is 14.9 Å². The van der Waals surface area contributed by atoms with Gasteiger partial charge >= 0.3 is 0 Å². The number of aromatic nitrogens is 2. The van der Waals surface area contributed by atoms with Gasteiger partial charge in [-0.1, -0.05) is 20.8 Å². The Morgan fingerprint density at radius 3 is 2.20 bits per heavy atom. The lowest BCUT2D eigenvalue weighted by atomic mass is 9.95. The van der Waals surface area contributed by atoms with E-state index in [2.05, 4.69) is 55.4 Å². The summed E-state index contributed by atoms with van der Waals surface area (Å²) in [4.78, 5) is 11.5. The molecule has 2 N–H and O–H groups in total. The molecular weight excluding hydrogens is 250 g/mol. The van der Waals surface area contributed by atoms with Crippen LogP contribution in [-0.2, 0) is 5.41 Å². The summed E-state index contributed by atoms with van der Waals surface area (Å²) in [5.74, 6) is 2.70. The maximum atomic E-state index is 4.69. The largest absolute Gasteiger partial charge is 0.373 e. The summed E-state index contributed by atoms with van der Waals surface area (Å²) in [5, 5.41) is 6.60. The van der Waals surface area contributed by atoms with Gasteiger partial charge in [0.1, 0.15) is 17.5 Å². The lowest BCUT2D eigenvalue weighted by molar-refractivity contribution is 0.405. The van der Waals surface area contributed by atoms with E-state index in [-0.39, 0.29) is 5.41 Å². The Balaban J connectivity index is 2.88. The lowest BCUT2D eigenvalue weighted by Gasteiger charge is -2.21. The molecule has 0 fully saturated rings. The molecular formula is C15H29N5. The molecule has 5 heteroatoms. The SMILES string of the molecule is CNc1nc(C(C)(C)C)nc(NCCCN(C)C)c1C. The molecule has 5 nitrogen and oxygen atoms in total. The number of anilines is 2. The van der Waals surface area contributed by atoms with Crippen molar-refractivity contribution in [3.05, 3.63) is 11.4 Å². The first-order valence-electron chi connectivity index (χ1n) is 7.21. The van der Waals surface area contributed by atoms with E-state index < -0.39 is 0 Å². The minimum absolute atomic E-state index is 0.0562. The van der Waals surface area contributed by atoms with Gasteiger partial charge in [-0.3, -0.25) is 0 Å². The van der Waals surface area contributed by atoms with Crippen LogP contribution >= 0.6 is 0 Å². The van der Waals surface area contributed by atoms with Gasteiger partial charge in [0.05, 0.1) is 0 Å². The van der Waals surface area contributed by atoms with E-state index in [4.69, 9.17) is 4.98 Å². The van der Waals surface area contributed by atoms with Crippen LogP contribution in [0.25, 0.3) is 0 Å². The second-order valence-electron chi connectivity index (χ2n) is 6.45. The first-order chi connectivity index (χ1) is 9.25. The topological polar surface area (TPSA) is 53.1 Å². The van der Waals surface area contributed by atoms with Crippen LogP contribution in [0.15, 0.2) is 0 Å². The van der Waals surface area contributed by atoms with Crippen molar-refractivity contribution in [3.63, 3.8) is 0 Å². The van der Waals surface area contributed by atoms with Crippen LogP contribution in [0.4, 0.5) is 11.6 Å². The molecule has 0 aliphatic rings. The van der Waals surface area contributed by atoms with Crippen LogP contribution in [0.3, 0.4) is 0 Å². The molecule has 0 saturated carbocycles. The summed E-state index contributed by atoms with van der Waals surface area (Å²) in [6.45, 7) is 10.4. The fraction of sp³-hybridized carbons (Fsp3) is 0.733. The highest BCUT2D eigenvalue weighted by molar-refractivity contribution is 5.57. The Bertz CT molecular complexity index is 435. The van der Waals surface area contributed by atoms with Crippen LogP contribution in [0.5, 0.6) is 0 Å². The Kier molecular flexibility index (Phi) is 5.74. The summed E-state index contributed by atoms with van der Waals surface area (Å²) < 4.78 is 0. The van der Waals surface area contributed by atoms with Gasteiger partial charge in [-0.15, -0.1) is 0 Å². The average molecular weight is 279 g/mol. The van der Waals surface area contributed by atoms with E-state index in [0.29, 0.717) is 0 Å². The molecule has 0 amide bonds. The van der Waals surface area contributed by atoms with E-state index in [1.165, 1.54) is 0 Å². The minimum atomic E-state index is -0.0562. The van der Waals surface area contributed by atoms with Crippen LogP contribution in [0, 0.1) is 6.92 Å². The Morgan fingerprint density at radius 1 is 1.10 bits per heavy atom. The fourth-order valence-electron chi connectivity index (χ4n) is 1.87. The molecule has 1 aromatic rings. The van der Waals surface area contributed by atoms with Gasteiger partial charge in [-0.2, -0.15) is 0 Å². The normalized spacial score (nSPS) is 11.8. The standard InChI is InChI=1S/C15H29N5/c1-11-12(16-5)18-14(15(2,3)4)19-13(11)17-9-8-10-20(6)7/h8-10H2,1-7H3,(H2,16,17,18,19). The molecule has 0 spiro atoms. The summed E-state index contributed by atoms with van der Waals surface area (Å²) in [6.07, 6.45) is 1.09. The van der Waals surface area contributed by atoms with Gasteiger partial charge in [0.25, 0.3) is 0 Å². The second kappa shape index (κ2) is 6.88. The van der Waals surface area contributed by atoms with Crippen LogP contribution < -0.4 is 10.6 Å². The van der Waals surface area contributed by atoms with Crippen molar-refractivity contribution in [2.45, 2.75) is 39.5 Å². The van der Waals surface area contributed by atoms with Crippen LogP contribution in [0.1, 0.15) is 38.6 Å². The van der Waals surface area contributed by atoms with Crippen molar-refractivity contribution in [3.8, 4) is 0 Å². The fourth-order valence-corrected chi connectivity index (χ4v) is 1.87. The molecule has 0 saturated heterocycles. The van der Waals surface area contributed by atoms with Crippen molar-refractivity contribution < 1.29 is 0 Å². The highest BCUT2D eigenvalue weighted by Crippen LogP contribution is 2.25. The first kappa shape index (κ1) is 16.7. The molecule has 0 radical (unpaired) electrons. The van der Waals surface area contributed by atoms with Crippen molar-refractivity contribution in [1.29, 1.82) is 0 Å². The minimum Gasteiger partial charge on any atom is -0.373 e. The van der Waals surface area contributed by atoms with Gasteiger partial charge in [-0.25, -0.2) is 9.97 Å². The van der Waals surface area contributed by atoms with E-state index in [1.54, 1.807) is 0 Å². The molecule has 0 aliphatic heterocycles. The molecule has 1 aromatic heterocycles. The summed E-state index contributed by atoms with van der Waals surface area (Å²) in [5.41, 5.74) is 1.02. The number of nitrogens with zero attached hydrogens (tertiary/aromatic N) is 3. The molecule has 1 rings (SSSR count). The quantitative estimate of drug-likeness (QED) is 0.784. The number of nitrogens with one attached hydrogen (secondary N) is 2. The maximum Gasteiger partial charge on any atom is 0.138 e. The third kappa shape index (κ3) is 4.63. The summed E-state index contributed by atoms with van der Waals surface area (Å²) >= 11 is 0. The van der Waals surface area contributed by atoms with Gasteiger partial charge in [-0.05, 0) is 34.0 Å². The Hall–Kier alpha value is -1.36. The van der Waals surface area contributed by atoms with Crippen LogP contribution in [0.2, 0.25) is 0 Å². The van der Waals surface area contributed by atoms with E-state index in [0.717, 1.165) is 42.5 Å². The lowest BCUT2D eigenvalue weighted by Crippen LogP contribution is -2.21. The molecule has 0 atom stereocenters. The van der Waals surface area contributed by atoms with Gasteiger partial charge in [0, 0.05) is 24.6 Å². The number of hydrogen-bond donors (Lipinski definition) is 2. The number of rotatable bonds is 6. The van der Waals surface area contributed by atoms with Gasteiger partial charge in [0.2, 0.25) is 0 Å². The Morgan fingerprint density at radius 2 is 1.70 bits per heavy atom. The third-order valence-corrected chi connectivity index (χ3v) is 3.13. The van der Waals surface area contributed by atoms with E-state index >= 15 is 0 Å². The Labute approximate surface area is 123 Å². The molecule has 0 aromatic carbocycles. The second-order valence-corrected chi connectivity index (χ2v) is 6.45. The zero-order valence-electron chi connectivity index (χ0n) is 14.0. The van der Waals surface area contributed by atoms with Gasteiger partial charge in [0.15, 0.2) is 0 Å². The molecule has 20 heavy (non-hydrogen) atoms. The summed E-state index contributed by atoms with van der Waals surface area (Å²) in [7, 11) is 6.08. The molecule has 1 heterocycles. The molecule has 0 bridgehead atoms. The smallest absolute Gasteiger partial charge is 0.138 e. The predicted molar refractivity (Wildman–Crippen MR) is 86.7 cm³/mol. The van der Waals surface area contributed by atoms with E-state index in [1.807, 2.05) is 14.0 Å². The first-order valence-corrected chi connectivity index (χ1v) is 7.21. The monoisotopic (exact) mass is 279 g/mol. The number of hydrogen-bond acceptors (Lipinski definition) is 5. The van der Waals surface area contributed by atoms with E-state index in [9.17, 15) is 0 Å². The maximum absolute atomic E-state index is 4.69. The van der Waals surface area contributed by atoms with Crippen molar-refractivity contribution in [2.24, 2.45) is 0 Å². The van der Waals surface area contributed by atoms with Crippen LogP contribution in [-0.4, -0.2) is 49.1 Å². The van der Waals surface area contributed by atoms with Crippen molar-refractivity contribution >= 4 is 11.6 Å².